The summed E-state index contributed by atoms with van der Waals surface area (Å²) in [7, 11) is 0. The van der Waals surface area contributed by atoms with Crippen LogP contribution in [0.2, 0.25) is 5.15 Å². The summed E-state index contributed by atoms with van der Waals surface area (Å²) in [6.45, 7) is 5.86. The highest BCUT2D eigenvalue weighted by molar-refractivity contribution is 6.29. The second-order valence-corrected chi connectivity index (χ2v) is 9.07. The number of pyridine rings is 2. The Kier molecular flexibility index (Phi) is 6.93. The maximum atomic E-state index is 13.6. The Bertz CT molecular complexity index is 1260. The highest BCUT2D eigenvalue weighted by Gasteiger charge is 2.48. The van der Waals surface area contributed by atoms with Crippen molar-refractivity contribution < 1.29 is 19.1 Å². The van der Waals surface area contributed by atoms with Crippen LogP contribution in [0.1, 0.15) is 55.6 Å². The van der Waals surface area contributed by atoms with Gasteiger partial charge in [-0.15, -0.1) is 0 Å². The monoisotopic (exact) mass is 479 g/mol. The van der Waals surface area contributed by atoms with Crippen LogP contribution in [0.3, 0.4) is 0 Å². The van der Waals surface area contributed by atoms with Crippen LogP contribution in [0.5, 0.6) is 0 Å². The summed E-state index contributed by atoms with van der Waals surface area (Å²) in [6.07, 6.45) is 0.845. The minimum absolute atomic E-state index is 0.131. The topological polar surface area (TPSA) is 89.5 Å². The van der Waals surface area contributed by atoms with Crippen molar-refractivity contribution >= 4 is 46.1 Å². The van der Waals surface area contributed by atoms with E-state index in [9.17, 15) is 14.4 Å². The van der Waals surface area contributed by atoms with Crippen LogP contribution < -0.4 is 4.90 Å². The van der Waals surface area contributed by atoms with E-state index in [1.807, 2.05) is 13.8 Å². The van der Waals surface area contributed by atoms with Gasteiger partial charge in [-0.1, -0.05) is 43.6 Å². The van der Waals surface area contributed by atoms with Crippen molar-refractivity contribution in [3.05, 3.63) is 64.8 Å². The molecule has 7 nitrogen and oxygen atoms in total. The smallest absolute Gasteiger partial charge is 0.318 e. The number of ketones is 1. The number of rotatable bonds is 8. The van der Waals surface area contributed by atoms with E-state index in [0.29, 0.717) is 34.9 Å². The Hall–Kier alpha value is -3.32. The van der Waals surface area contributed by atoms with Crippen molar-refractivity contribution in [1.29, 1.82) is 0 Å². The third kappa shape index (κ3) is 4.53. The number of anilines is 1. The molecular formula is C26H26ClN3O4. The molecule has 1 aliphatic heterocycles. The molecule has 2 unspecified atom stereocenters. The van der Waals surface area contributed by atoms with Gasteiger partial charge in [0.1, 0.15) is 22.7 Å². The molecule has 1 aliphatic rings. The van der Waals surface area contributed by atoms with E-state index < -0.39 is 17.9 Å². The molecule has 0 bridgehead atoms. The van der Waals surface area contributed by atoms with Crippen molar-refractivity contribution in [3.8, 4) is 0 Å². The number of amides is 1. The second-order valence-electron chi connectivity index (χ2n) is 8.69. The molecule has 3 aromatic rings. The molecule has 0 spiro atoms. The van der Waals surface area contributed by atoms with Crippen molar-refractivity contribution in [2.45, 2.75) is 39.7 Å². The average Bonchev–Trinajstić information content (AvgIpc) is 3.10. The van der Waals surface area contributed by atoms with Gasteiger partial charge in [0.2, 0.25) is 0 Å². The predicted octanol–water partition coefficient (Wildman–Crippen LogP) is 5.17. The average molecular weight is 480 g/mol. The van der Waals surface area contributed by atoms with Crippen molar-refractivity contribution in [1.82, 2.24) is 9.97 Å². The van der Waals surface area contributed by atoms with Gasteiger partial charge in [-0.05, 0) is 55.2 Å². The molecule has 2 aromatic heterocycles. The van der Waals surface area contributed by atoms with Gasteiger partial charge >= 0.3 is 5.97 Å². The first kappa shape index (κ1) is 23.8. The molecule has 34 heavy (non-hydrogen) atoms. The quantitative estimate of drug-likeness (QED) is 0.251. The largest absolute Gasteiger partial charge is 0.465 e. The zero-order chi connectivity index (χ0) is 24.4. The van der Waals surface area contributed by atoms with E-state index in [0.717, 1.165) is 5.39 Å². The third-order valence-corrected chi connectivity index (χ3v) is 6.14. The predicted molar refractivity (Wildman–Crippen MR) is 130 cm³/mol. The molecule has 3 heterocycles. The van der Waals surface area contributed by atoms with Crippen LogP contribution in [0.15, 0.2) is 48.5 Å². The van der Waals surface area contributed by atoms with E-state index in [-0.39, 0.29) is 29.9 Å². The number of benzene rings is 1. The minimum Gasteiger partial charge on any atom is -0.465 e. The fraction of sp³-hybridized carbons (Fsp3) is 0.346. The van der Waals surface area contributed by atoms with Crippen LogP contribution in [0.4, 0.5) is 5.82 Å². The molecule has 0 saturated heterocycles. The van der Waals surface area contributed by atoms with Crippen LogP contribution in [-0.2, 0) is 14.3 Å². The Morgan fingerprint density at radius 2 is 1.82 bits per heavy atom. The summed E-state index contributed by atoms with van der Waals surface area (Å²) in [5.74, 6) is -1.82. The van der Waals surface area contributed by atoms with Gasteiger partial charge < -0.3 is 4.74 Å². The first-order valence-corrected chi connectivity index (χ1v) is 11.7. The first-order valence-electron chi connectivity index (χ1n) is 11.4. The fourth-order valence-corrected chi connectivity index (χ4v) is 4.42. The van der Waals surface area contributed by atoms with Gasteiger partial charge in [0.25, 0.3) is 5.91 Å². The molecule has 0 N–H and O–H groups in total. The number of hydrogen-bond acceptors (Lipinski definition) is 6. The van der Waals surface area contributed by atoms with E-state index in [2.05, 4.69) is 9.97 Å². The van der Waals surface area contributed by atoms with Crippen LogP contribution in [0, 0.1) is 11.8 Å². The summed E-state index contributed by atoms with van der Waals surface area (Å²) in [4.78, 5) is 50.4. The third-order valence-electron chi connectivity index (χ3n) is 5.93. The molecule has 0 radical (unpaired) electrons. The molecule has 2 atom stereocenters. The molecule has 0 saturated carbocycles. The summed E-state index contributed by atoms with van der Waals surface area (Å²) < 4.78 is 5.32. The number of fused-ring (bicyclic) bond motifs is 2. The molecular weight excluding hydrogens is 454 g/mol. The van der Waals surface area contributed by atoms with Gasteiger partial charge in [-0.25, -0.2) is 9.97 Å². The summed E-state index contributed by atoms with van der Waals surface area (Å²) in [5.41, 5.74) is 1.40. The standard InChI is InChI=1S/C26H26ClN3O4/c1-4-34-26(33)22(19(31)12-9-15(2)3)23-17-7-5-6-8-18(17)25(32)30(23)21-14-11-16-10-13-20(27)28-24(16)29-21/h5-8,10-11,13-15,22-23H,4,9,12H2,1-3H3. The fourth-order valence-electron chi connectivity index (χ4n) is 4.27. The van der Waals surface area contributed by atoms with Crippen LogP contribution in [0.25, 0.3) is 11.0 Å². The number of ether oxygens (including phenoxy) is 1. The maximum absolute atomic E-state index is 13.6. The summed E-state index contributed by atoms with van der Waals surface area (Å²) in [6, 6.07) is 13.1. The number of carbonyl (C=O) groups excluding carboxylic acids is 3. The SMILES string of the molecule is CCOC(=O)C(C(=O)CCC(C)C)C1c2ccccc2C(=O)N1c1ccc2ccc(Cl)nc2n1. The Morgan fingerprint density at radius 1 is 1.09 bits per heavy atom. The maximum Gasteiger partial charge on any atom is 0.318 e. The highest BCUT2D eigenvalue weighted by Crippen LogP contribution is 2.42. The van der Waals surface area contributed by atoms with Crippen LogP contribution >= 0.6 is 11.6 Å². The molecule has 0 fully saturated rings. The molecule has 1 aromatic carbocycles. The van der Waals surface area contributed by atoms with Crippen molar-refractivity contribution in [2.75, 3.05) is 11.5 Å². The lowest BCUT2D eigenvalue weighted by Crippen LogP contribution is -2.41. The number of carbonyl (C=O) groups is 3. The normalized spacial score (nSPS) is 16.1. The first-order chi connectivity index (χ1) is 16.3. The summed E-state index contributed by atoms with van der Waals surface area (Å²) >= 11 is 6.05. The Morgan fingerprint density at radius 3 is 2.56 bits per heavy atom. The summed E-state index contributed by atoms with van der Waals surface area (Å²) in [5, 5.41) is 1.03. The molecule has 0 aliphatic carbocycles. The van der Waals surface area contributed by atoms with Gasteiger partial charge in [-0.3, -0.25) is 19.3 Å². The van der Waals surface area contributed by atoms with E-state index in [1.165, 1.54) is 4.90 Å². The highest BCUT2D eigenvalue weighted by atomic mass is 35.5. The number of esters is 1. The lowest BCUT2D eigenvalue weighted by atomic mass is 9.86. The van der Waals surface area contributed by atoms with Gasteiger partial charge in [-0.2, -0.15) is 0 Å². The van der Waals surface area contributed by atoms with E-state index in [1.54, 1.807) is 55.5 Å². The second kappa shape index (κ2) is 9.89. The van der Waals surface area contributed by atoms with Crippen molar-refractivity contribution in [3.63, 3.8) is 0 Å². The molecule has 4 rings (SSSR count). The van der Waals surface area contributed by atoms with Gasteiger partial charge in [0.05, 0.1) is 12.6 Å². The number of hydrogen-bond donors (Lipinski definition) is 0. The number of halogens is 1. The van der Waals surface area contributed by atoms with Gasteiger partial charge in [0.15, 0.2) is 5.65 Å². The van der Waals surface area contributed by atoms with E-state index in [4.69, 9.17) is 16.3 Å². The number of Topliss-reactive ketones (excluding diaryl/α,β-unsaturated/α-hetero) is 1. The lowest BCUT2D eigenvalue weighted by Gasteiger charge is -2.30. The minimum atomic E-state index is -1.17. The number of aromatic nitrogens is 2. The van der Waals surface area contributed by atoms with Gasteiger partial charge in [0, 0.05) is 17.4 Å². The zero-order valence-corrected chi connectivity index (χ0v) is 20.1. The Labute approximate surface area is 203 Å². The molecule has 1 amide bonds. The lowest BCUT2D eigenvalue weighted by molar-refractivity contribution is -0.152. The molecule has 176 valence electrons. The zero-order valence-electron chi connectivity index (χ0n) is 19.3. The van der Waals surface area contributed by atoms with Crippen molar-refractivity contribution in [2.24, 2.45) is 11.8 Å². The Balaban J connectivity index is 1.85. The number of nitrogens with zero attached hydrogens (tertiary/aromatic N) is 3. The molecule has 8 heteroatoms. The van der Waals surface area contributed by atoms with Crippen LogP contribution in [-0.4, -0.2) is 34.2 Å². The van der Waals surface area contributed by atoms with E-state index >= 15 is 0 Å².